The van der Waals surface area contributed by atoms with E-state index in [2.05, 4.69) is 31.2 Å². The van der Waals surface area contributed by atoms with Gasteiger partial charge in [-0.05, 0) is 15.9 Å². The molecule has 0 aromatic carbocycles. The number of ether oxygens (including phenoxy) is 1. The molecule has 2 unspecified atom stereocenters. The highest BCUT2D eigenvalue weighted by Crippen LogP contribution is 2.20. The summed E-state index contributed by atoms with van der Waals surface area (Å²) in [6.45, 7) is 0.873. The van der Waals surface area contributed by atoms with E-state index >= 15 is 0 Å². The van der Waals surface area contributed by atoms with Crippen LogP contribution in [0.5, 0.6) is 0 Å². The molecule has 1 aliphatic rings. The van der Waals surface area contributed by atoms with E-state index in [4.69, 9.17) is 4.74 Å². The molecule has 1 fully saturated rings. The number of aliphatic hydroxyl groups excluding tert-OH is 1. The maximum absolute atomic E-state index is 9.49. The molecular weight excluding hydrogens is 250 g/mol. The smallest absolute Gasteiger partial charge is 0.144 e. The molecule has 0 radical (unpaired) electrons. The van der Waals surface area contributed by atoms with E-state index < -0.39 is 6.10 Å². The molecule has 1 aromatic rings. The van der Waals surface area contributed by atoms with Crippen LogP contribution in [0.1, 0.15) is 0 Å². The fourth-order valence-corrected chi connectivity index (χ4v) is 1.61. The molecule has 76 valence electrons. The molecule has 2 rings (SSSR count). The largest absolute Gasteiger partial charge is 0.388 e. The van der Waals surface area contributed by atoms with Crippen LogP contribution in [0.3, 0.4) is 0 Å². The van der Waals surface area contributed by atoms with Crippen LogP contribution < -0.4 is 5.32 Å². The van der Waals surface area contributed by atoms with Crippen molar-refractivity contribution < 1.29 is 9.84 Å². The number of aromatic nitrogens is 2. The molecule has 0 amide bonds. The van der Waals surface area contributed by atoms with Crippen molar-refractivity contribution >= 4 is 21.7 Å². The van der Waals surface area contributed by atoms with Crippen LogP contribution in [0.25, 0.3) is 0 Å². The summed E-state index contributed by atoms with van der Waals surface area (Å²) in [5.41, 5.74) is 0. The summed E-state index contributed by atoms with van der Waals surface area (Å²) in [6, 6.07) is -0.0961. The van der Waals surface area contributed by atoms with Crippen LogP contribution in [0, 0.1) is 0 Å². The zero-order valence-electron chi connectivity index (χ0n) is 7.35. The zero-order chi connectivity index (χ0) is 9.97. The quantitative estimate of drug-likeness (QED) is 0.806. The standard InChI is InChI=1S/C8H10BrN3O2/c9-5-1-10-4-11-8(5)12-6-2-14-3-7(6)13/h1,4,6-7,13H,2-3H2,(H,10,11,12). The summed E-state index contributed by atoms with van der Waals surface area (Å²) in [7, 11) is 0. The predicted octanol–water partition coefficient (Wildman–Crippen LogP) is 0.411. The molecule has 0 saturated carbocycles. The van der Waals surface area contributed by atoms with Gasteiger partial charge in [0.25, 0.3) is 0 Å². The lowest BCUT2D eigenvalue weighted by Gasteiger charge is -2.15. The highest BCUT2D eigenvalue weighted by molar-refractivity contribution is 9.10. The van der Waals surface area contributed by atoms with Crippen molar-refractivity contribution in [2.45, 2.75) is 12.1 Å². The summed E-state index contributed by atoms with van der Waals surface area (Å²) in [5, 5.41) is 12.6. The number of aliphatic hydroxyl groups is 1. The van der Waals surface area contributed by atoms with Crippen molar-refractivity contribution in [1.82, 2.24) is 9.97 Å². The normalized spacial score (nSPS) is 26.4. The average molecular weight is 260 g/mol. The van der Waals surface area contributed by atoms with E-state index in [1.165, 1.54) is 6.33 Å². The fourth-order valence-electron chi connectivity index (χ4n) is 1.28. The van der Waals surface area contributed by atoms with Crippen molar-refractivity contribution in [3.05, 3.63) is 17.0 Å². The van der Waals surface area contributed by atoms with E-state index in [0.717, 1.165) is 4.47 Å². The Balaban J connectivity index is 2.07. The molecule has 14 heavy (non-hydrogen) atoms. The second-order valence-electron chi connectivity index (χ2n) is 3.07. The highest BCUT2D eigenvalue weighted by Gasteiger charge is 2.26. The Morgan fingerprint density at radius 2 is 2.43 bits per heavy atom. The van der Waals surface area contributed by atoms with Crippen LogP contribution in [-0.2, 0) is 4.74 Å². The summed E-state index contributed by atoms with van der Waals surface area (Å²) in [5.74, 6) is 0.676. The maximum atomic E-state index is 9.49. The van der Waals surface area contributed by atoms with Crippen LogP contribution >= 0.6 is 15.9 Å². The molecule has 5 nitrogen and oxygen atoms in total. The van der Waals surface area contributed by atoms with Crippen molar-refractivity contribution in [2.75, 3.05) is 18.5 Å². The van der Waals surface area contributed by atoms with Crippen molar-refractivity contribution in [2.24, 2.45) is 0 Å². The van der Waals surface area contributed by atoms with Crippen molar-refractivity contribution in [1.29, 1.82) is 0 Å². The Morgan fingerprint density at radius 3 is 3.07 bits per heavy atom. The number of hydrogen-bond donors (Lipinski definition) is 2. The van der Waals surface area contributed by atoms with Crippen LogP contribution in [0.2, 0.25) is 0 Å². The lowest BCUT2D eigenvalue weighted by Crippen LogP contribution is -2.32. The minimum atomic E-state index is -0.475. The van der Waals surface area contributed by atoms with Gasteiger partial charge in [0.05, 0.1) is 29.8 Å². The number of halogens is 1. The molecule has 0 aliphatic carbocycles. The first kappa shape index (κ1) is 9.82. The molecule has 6 heteroatoms. The second-order valence-corrected chi connectivity index (χ2v) is 3.93. The van der Waals surface area contributed by atoms with Gasteiger partial charge < -0.3 is 15.2 Å². The Labute approximate surface area is 89.6 Å². The first-order valence-corrected chi connectivity index (χ1v) is 5.04. The molecule has 1 saturated heterocycles. The summed E-state index contributed by atoms with van der Waals surface area (Å²) < 4.78 is 5.89. The molecule has 1 aromatic heterocycles. The third-order valence-electron chi connectivity index (χ3n) is 2.04. The first-order chi connectivity index (χ1) is 6.77. The van der Waals surface area contributed by atoms with Gasteiger partial charge in [0, 0.05) is 6.20 Å². The van der Waals surface area contributed by atoms with Gasteiger partial charge in [-0.15, -0.1) is 0 Å². The Kier molecular flexibility index (Phi) is 2.95. The molecular formula is C8H10BrN3O2. The van der Waals surface area contributed by atoms with Gasteiger partial charge in [0.15, 0.2) is 0 Å². The summed E-state index contributed by atoms with van der Waals surface area (Å²) in [4.78, 5) is 7.89. The number of nitrogens with one attached hydrogen (secondary N) is 1. The fraction of sp³-hybridized carbons (Fsp3) is 0.500. The summed E-state index contributed by atoms with van der Waals surface area (Å²) >= 11 is 3.31. The lowest BCUT2D eigenvalue weighted by atomic mass is 10.2. The Hall–Kier alpha value is -0.720. The van der Waals surface area contributed by atoms with Gasteiger partial charge in [-0.25, -0.2) is 9.97 Å². The molecule has 1 aliphatic heterocycles. The summed E-state index contributed by atoms with van der Waals surface area (Å²) in [6.07, 6.45) is 2.63. The Morgan fingerprint density at radius 1 is 1.57 bits per heavy atom. The van der Waals surface area contributed by atoms with Gasteiger partial charge in [-0.3, -0.25) is 0 Å². The van der Waals surface area contributed by atoms with Gasteiger partial charge >= 0.3 is 0 Å². The molecule has 0 bridgehead atoms. The second kappa shape index (κ2) is 4.20. The SMILES string of the molecule is OC1COCC1Nc1ncncc1Br. The molecule has 2 atom stereocenters. The van der Waals surface area contributed by atoms with Gasteiger partial charge in [0.1, 0.15) is 12.1 Å². The third kappa shape index (κ3) is 2.02. The topological polar surface area (TPSA) is 67.3 Å². The third-order valence-corrected chi connectivity index (χ3v) is 2.62. The minimum absolute atomic E-state index is 0.0961. The maximum Gasteiger partial charge on any atom is 0.144 e. The van der Waals surface area contributed by atoms with Gasteiger partial charge in [-0.1, -0.05) is 0 Å². The average Bonchev–Trinajstić information content (AvgIpc) is 2.56. The van der Waals surface area contributed by atoms with E-state index in [-0.39, 0.29) is 6.04 Å². The van der Waals surface area contributed by atoms with E-state index in [1.807, 2.05) is 0 Å². The highest BCUT2D eigenvalue weighted by atomic mass is 79.9. The molecule has 0 spiro atoms. The van der Waals surface area contributed by atoms with Gasteiger partial charge in [-0.2, -0.15) is 0 Å². The lowest BCUT2D eigenvalue weighted by molar-refractivity contribution is 0.125. The molecule has 2 heterocycles. The monoisotopic (exact) mass is 259 g/mol. The molecule has 2 N–H and O–H groups in total. The minimum Gasteiger partial charge on any atom is -0.388 e. The van der Waals surface area contributed by atoms with Crippen molar-refractivity contribution in [3.8, 4) is 0 Å². The van der Waals surface area contributed by atoms with Crippen molar-refractivity contribution in [3.63, 3.8) is 0 Å². The zero-order valence-corrected chi connectivity index (χ0v) is 8.94. The number of nitrogens with zero attached hydrogens (tertiary/aromatic N) is 2. The van der Waals surface area contributed by atoms with Gasteiger partial charge in [0.2, 0.25) is 0 Å². The number of hydrogen-bond acceptors (Lipinski definition) is 5. The van der Waals surface area contributed by atoms with E-state index in [1.54, 1.807) is 6.20 Å². The Bertz CT molecular complexity index is 323. The van der Waals surface area contributed by atoms with E-state index in [9.17, 15) is 5.11 Å². The number of anilines is 1. The van der Waals surface area contributed by atoms with Crippen LogP contribution in [-0.4, -0.2) is 40.4 Å². The predicted molar refractivity (Wildman–Crippen MR) is 54.0 cm³/mol. The number of rotatable bonds is 2. The first-order valence-electron chi connectivity index (χ1n) is 4.25. The van der Waals surface area contributed by atoms with Crippen LogP contribution in [0.15, 0.2) is 17.0 Å². The van der Waals surface area contributed by atoms with Crippen LogP contribution in [0.4, 0.5) is 5.82 Å². The van der Waals surface area contributed by atoms with E-state index in [0.29, 0.717) is 19.0 Å².